The fourth-order valence-corrected chi connectivity index (χ4v) is 2.59. The monoisotopic (exact) mass is 253 g/mol. The van der Waals surface area contributed by atoms with E-state index in [-0.39, 0.29) is 4.87 Å². The molecular weight excluding hydrogens is 242 g/mol. The average molecular weight is 253 g/mol. The Hall–Kier alpha value is -1.82. The number of aromatic nitrogens is 1. The van der Waals surface area contributed by atoms with E-state index in [9.17, 15) is 9.59 Å². The molecule has 0 aliphatic heterocycles. The summed E-state index contributed by atoms with van der Waals surface area (Å²) in [5.41, 5.74) is 1.52. The molecule has 0 bridgehead atoms. The minimum absolute atomic E-state index is 0.0432. The van der Waals surface area contributed by atoms with Crippen molar-refractivity contribution in [3.05, 3.63) is 27.4 Å². The molecule has 0 radical (unpaired) electrons. The van der Waals surface area contributed by atoms with Crippen molar-refractivity contribution >= 4 is 27.7 Å². The normalized spacial score (nSPS) is 10.5. The molecule has 0 spiro atoms. The number of ether oxygens (including phenoxy) is 2. The molecule has 2 aromatic rings. The van der Waals surface area contributed by atoms with Gasteiger partial charge in [0.1, 0.15) is 5.75 Å². The summed E-state index contributed by atoms with van der Waals surface area (Å²) in [6.07, 6.45) is -0.771. The van der Waals surface area contributed by atoms with Gasteiger partial charge in [-0.3, -0.25) is 4.79 Å². The van der Waals surface area contributed by atoms with Gasteiger partial charge in [0.2, 0.25) is 0 Å². The number of hydrogen-bond donors (Lipinski definition) is 0. The van der Waals surface area contributed by atoms with Gasteiger partial charge in [-0.2, -0.15) is 0 Å². The lowest BCUT2D eigenvalue weighted by atomic mass is 10.2. The van der Waals surface area contributed by atoms with E-state index in [2.05, 4.69) is 4.74 Å². The van der Waals surface area contributed by atoms with Gasteiger partial charge in [-0.25, -0.2) is 4.79 Å². The number of aryl methyl sites for hydroxylation is 2. The molecular formula is C11H11NO4S. The zero-order valence-corrected chi connectivity index (χ0v) is 10.5. The fourth-order valence-electron chi connectivity index (χ4n) is 1.65. The summed E-state index contributed by atoms with van der Waals surface area (Å²) in [4.78, 5) is 22.5. The maximum atomic E-state index is 11.5. The van der Waals surface area contributed by atoms with Gasteiger partial charge in [0.25, 0.3) is 0 Å². The molecule has 0 aliphatic rings. The summed E-state index contributed by atoms with van der Waals surface area (Å²) in [6.45, 7) is 1.80. The second-order valence-electron chi connectivity index (χ2n) is 3.52. The topological polar surface area (TPSA) is 57.5 Å². The Bertz CT molecular complexity index is 641. The molecule has 1 aromatic heterocycles. The number of fused-ring (bicyclic) bond motifs is 1. The highest BCUT2D eigenvalue weighted by molar-refractivity contribution is 7.16. The number of carbonyl (C=O) groups is 1. The Morgan fingerprint density at radius 1 is 1.41 bits per heavy atom. The van der Waals surface area contributed by atoms with Crippen LogP contribution in [0.1, 0.15) is 5.56 Å². The summed E-state index contributed by atoms with van der Waals surface area (Å²) in [5, 5.41) is 0. The molecule has 0 unspecified atom stereocenters. The molecule has 1 aromatic carbocycles. The van der Waals surface area contributed by atoms with Gasteiger partial charge < -0.3 is 14.0 Å². The van der Waals surface area contributed by atoms with E-state index in [1.54, 1.807) is 30.7 Å². The molecule has 90 valence electrons. The lowest BCUT2D eigenvalue weighted by Crippen LogP contribution is -2.10. The predicted molar refractivity (Wildman–Crippen MR) is 64.8 cm³/mol. The van der Waals surface area contributed by atoms with Gasteiger partial charge >= 0.3 is 11.0 Å². The number of carbonyl (C=O) groups excluding carboxylic acids is 1. The highest BCUT2D eigenvalue weighted by atomic mass is 32.1. The van der Waals surface area contributed by atoms with Crippen LogP contribution in [0.3, 0.4) is 0 Å². The van der Waals surface area contributed by atoms with E-state index in [0.717, 1.165) is 27.1 Å². The van der Waals surface area contributed by atoms with Crippen LogP contribution in [-0.2, 0) is 11.8 Å². The molecule has 0 N–H and O–H groups in total. The van der Waals surface area contributed by atoms with E-state index < -0.39 is 6.16 Å². The molecule has 1 heterocycles. The first-order valence-corrected chi connectivity index (χ1v) is 5.71. The number of methoxy groups -OCH3 is 1. The smallest absolute Gasteiger partial charge is 0.437 e. The quantitative estimate of drug-likeness (QED) is 0.576. The van der Waals surface area contributed by atoms with Crippen molar-refractivity contribution in [1.82, 2.24) is 4.57 Å². The van der Waals surface area contributed by atoms with Crippen LogP contribution >= 0.6 is 11.3 Å². The zero-order valence-electron chi connectivity index (χ0n) is 9.64. The lowest BCUT2D eigenvalue weighted by molar-refractivity contribution is 0.121. The molecule has 0 aliphatic carbocycles. The predicted octanol–water partition coefficient (Wildman–Crippen LogP) is 2.05. The first kappa shape index (κ1) is 11.7. The highest BCUT2D eigenvalue weighted by Gasteiger charge is 2.13. The first-order chi connectivity index (χ1) is 8.04. The minimum Gasteiger partial charge on any atom is -0.437 e. The highest BCUT2D eigenvalue weighted by Crippen LogP contribution is 2.28. The summed E-state index contributed by atoms with van der Waals surface area (Å²) < 4.78 is 11.8. The molecule has 0 amide bonds. The van der Waals surface area contributed by atoms with Crippen LogP contribution in [0, 0.1) is 6.92 Å². The van der Waals surface area contributed by atoms with E-state index in [1.807, 2.05) is 0 Å². The Morgan fingerprint density at radius 3 is 2.76 bits per heavy atom. The Morgan fingerprint density at radius 2 is 2.12 bits per heavy atom. The van der Waals surface area contributed by atoms with E-state index in [1.165, 1.54) is 7.11 Å². The van der Waals surface area contributed by atoms with Crippen molar-refractivity contribution in [1.29, 1.82) is 0 Å². The number of nitrogens with zero attached hydrogens (tertiary/aromatic N) is 1. The maximum Gasteiger partial charge on any atom is 0.513 e. The molecule has 0 fully saturated rings. The maximum absolute atomic E-state index is 11.5. The zero-order chi connectivity index (χ0) is 12.6. The van der Waals surface area contributed by atoms with Crippen LogP contribution in [0.5, 0.6) is 5.75 Å². The van der Waals surface area contributed by atoms with Gasteiger partial charge in [0.15, 0.2) is 0 Å². The van der Waals surface area contributed by atoms with Crippen molar-refractivity contribution in [2.24, 2.45) is 7.05 Å². The third-order valence-corrected chi connectivity index (χ3v) is 3.51. The van der Waals surface area contributed by atoms with Gasteiger partial charge in [-0.05, 0) is 19.1 Å². The van der Waals surface area contributed by atoms with Crippen molar-refractivity contribution in [3.63, 3.8) is 0 Å². The SMILES string of the molecule is COC(=O)Oc1ccc2sc(=O)n(C)c2c1C. The molecule has 0 saturated carbocycles. The largest absolute Gasteiger partial charge is 0.513 e. The third kappa shape index (κ3) is 1.91. The first-order valence-electron chi connectivity index (χ1n) is 4.89. The molecule has 17 heavy (non-hydrogen) atoms. The molecule has 6 heteroatoms. The van der Waals surface area contributed by atoms with Gasteiger partial charge in [0, 0.05) is 12.6 Å². The fraction of sp³-hybridized carbons (Fsp3) is 0.273. The third-order valence-electron chi connectivity index (χ3n) is 2.51. The van der Waals surface area contributed by atoms with Crippen molar-refractivity contribution in [3.8, 4) is 5.75 Å². The minimum atomic E-state index is -0.771. The van der Waals surface area contributed by atoms with E-state index in [4.69, 9.17) is 4.74 Å². The van der Waals surface area contributed by atoms with E-state index >= 15 is 0 Å². The Labute approximate surface area is 101 Å². The summed E-state index contributed by atoms with van der Waals surface area (Å²) in [6, 6.07) is 3.41. The van der Waals surface area contributed by atoms with Crippen LogP contribution in [0.25, 0.3) is 10.2 Å². The van der Waals surface area contributed by atoms with Crippen molar-refractivity contribution in [2.75, 3.05) is 7.11 Å². The molecule has 5 nitrogen and oxygen atoms in total. The van der Waals surface area contributed by atoms with Crippen LogP contribution in [-0.4, -0.2) is 17.8 Å². The Balaban J connectivity index is 2.60. The average Bonchev–Trinajstić information content (AvgIpc) is 2.59. The van der Waals surface area contributed by atoms with Crippen LogP contribution < -0.4 is 9.61 Å². The standard InChI is InChI=1S/C11H11NO4S/c1-6-7(16-11(14)15-3)4-5-8-9(6)12(2)10(13)17-8/h4-5H,1-3H3. The van der Waals surface area contributed by atoms with E-state index in [0.29, 0.717) is 5.75 Å². The second-order valence-corrected chi connectivity index (χ2v) is 4.51. The van der Waals surface area contributed by atoms with Crippen molar-refractivity contribution in [2.45, 2.75) is 6.92 Å². The van der Waals surface area contributed by atoms with Gasteiger partial charge in [-0.1, -0.05) is 11.3 Å². The van der Waals surface area contributed by atoms with Crippen molar-refractivity contribution < 1.29 is 14.3 Å². The number of benzene rings is 1. The lowest BCUT2D eigenvalue weighted by Gasteiger charge is -2.07. The number of thiazole rings is 1. The summed E-state index contributed by atoms with van der Waals surface area (Å²) in [5.74, 6) is 0.401. The second kappa shape index (κ2) is 4.21. The summed E-state index contributed by atoms with van der Waals surface area (Å²) in [7, 11) is 2.94. The molecule has 0 saturated heterocycles. The molecule has 0 atom stereocenters. The van der Waals surface area contributed by atoms with Crippen LogP contribution in [0.15, 0.2) is 16.9 Å². The number of rotatable bonds is 1. The van der Waals surface area contributed by atoms with Crippen LogP contribution in [0.4, 0.5) is 4.79 Å². The molecule has 2 rings (SSSR count). The van der Waals surface area contributed by atoms with Gasteiger partial charge in [-0.15, -0.1) is 0 Å². The number of hydrogen-bond acceptors (Lipinski definition) is 5. The Kier molecular flexibility index (Phi) is 2.89. The van der Waals surface area contributed by atoms with Gasteiger partial charge in [0.05, 0.1) is 17.3 Å². The van der Waals surface area contributed by atoms with Crippen LogP contribution in [0.2, 0.25) is 0 Å². The summed E-state index contributed by atoms with van der Waals surface area (Å²) >= 11 is 1.16.